The first-order chi connectivity index (χ1) is 12.2. The highest BCUT2D eigenvalue weighted by atomic mass is 16.5. The maximum atomic E-state index is 11.1. The number of ether oxygens (including phenoxy) is 1. The zero-order chi connectivity index (χ0) is 17.4. The summed E-state index contributed by atoms with van der Waals surface area (Å²) in [6.45, 7) is 0.724. The monoisotopic (exact) mass is 334 g/mol. The largest absolute Gasteiger partial charge is 0.478 e. The Morgan fingerprint density at radius 1 is 1.24 bits per heavy atom. The van der Waals surface area contributed by atoms with E-state index in [1.54, 1.807) is 18.2 Å². The average molecular weight is 334 g/mol. The van der Waals surface area contributed by atoms with E-state index in [1.165, 1.54) is 0 Å². The molecule has 5 nitrogen and oxygen atoms in total. The van der Waals surface area contributed by atoms with Crippen LogP contribution < -0.4 is 5.32 Å². The SMILES string of the molecule is N#Cc1ccc2c(c1)C1OCCCC1C(c1ccc(C(=O)O)cc1)N2. The summed E-state index contributed by atoms with van der Waals surface area (Å²) in [6, 6.07) is 14.9. The Balaban J connectivity index is 1.73. The van der Waals surface area contributed by atoms with Crippen molar-refractivity contribution in [2.24, 2.45) is 5.92 Å². The number of aromatic carboxylic acids is 1. The molecule has 2 aromatic rings. The number of rotatable bonds is 2. The fraction of sp³-hybridized carbons (Fsp3) is 0.300. The van der Waals surface area contributed by atoms with Crippen molar-refractivity contribution < 1.29 is 14.6 Å². The number of benzene rings is 2. The van der Waals surface area contributed by atoms with Crippen LogP contribution in [0.3, 0.4) is 0 Å². The molecular weight excluding hydrogens is 316 g/mol. The molecule has 0 saturated carbocycles. The molecular formula is C20H18N2O3. The molecule has 3 unspecified atom stereocenters. The molecule has 3 atom stereocenters. The Morgan fingerprint density at radius 3 is 2.76 bits per heavy atom. The van der Waals surface area contributed by atoms with E-state index in [9.17, 15) is 10.1 Å². The molecule has 1 saturated heterocycles. The van der Waals surface area contributed by atoms with Crippen LogP contribution in [0, 0.1) is 17.2 Å². The minimum absolute atomic E-state index is 0.0394. The first kappa shape index (κ1) is 15.7. The minimum atomic E-state index is -0.920. The van der Waals surface area contributed by atoms with E-state index in [2.05, 4.69) is 11.4 Å². The quantitative estimate of drug-likeness (QED) is 0.870. The van der Waals surface area contributed by atoms with E-state index in [0.29, 0.717) is 5.56 Å². The van der Waals surface area contributed by atoms with Crippen molar-refractivity contribution in [1.82, 2.24) is 0 Å². The molecule has 25 heavy (non-hydrogen) atoms. The van der Waals surface area contributed by atoms with Crippen molar-refractivity contribution in [3.05, 3.63) is 64.7 Å². The molecule has 0 amide bonds. The van der Waals surface area contributed by atoms with Gasteiger partial charge in [-0.3, -0.25) is 0 Å². The van der Waals surface area contributed by atoms with Gasteiger partial charge in [0.1, 0.15) is 0 Å². The van der Waals surface area contributed by atoms with Crippen LogP contribution in [0.2, 0.25) is 0 Å². The van der Waals surface area contributed by atoms with Gasteiger partial charge in [-0.2, -0.15) is 5.26 Å². The van der Waals surface area contributed by atoms with Gasteiger partial charge in [-0.05, 0) is 48.7 Å². The van der Waals surface area contributed by atoms with Crippen molar-refractivity contribution >= 4 is 11.7 Å². The van der Waals surface area contributed by atoms with Gasteiger partial charge >= 0.3 is 5.97 Å². The van der Waals surface area contributed by atoms with Crippen molar-refractivity contribution in [2.75, 3.05) is 11.9 Å². The molecule has 5 heteroatoms. The lowest BCUT2D eigenvalue weighted by Crippen LogP contribution is -2.36. The number of nitriles is 1. The second-order valence-electron chi connectivity index (χ2n) is 6.56. The van der Waals surface area contributed by atoms with Gasteiger partial charge in [0.25, 0.3) is 0 Å². The van der Waals surface area contributed by atoms with Gasteiger partial charge in [0.2, 0.25) is 0 Å². The summed E-state index contributed by atoms with van der Waals surface area (Å²) in [5.74, 6) is -0.665. The first-order valence-corrected chi connectivity index (χ1v) is 8.43. The summed E-state index contributed by atoms with van der Waals surface area (Å²) in [5.41, 5.74) is 4.00. The lowest BCUT2D eigenvalue weighted by Gasteiger charge is -2.43. The fourth-order valence-electron chi connectivity index (χ4n) is 3.90. The van der Waals surface area contributed by atoms with E-state index >= 15 is 0 Å². The normalized spacial score (nSPS) is 24.4. The Morgan fingerprint density at radius 2 is 2.04 bits per heavy atom. The van der Waals surface area contributed by atoms with Gasteiger partial charge in [0.05, 0.1) is 29.3 Å². The van der Waals surface area contributed by atoms with E-state index < -0.39 is 5.97 Å². The van der Waals surface area contributed by atoms with Gasteiger partial charge in [-0.1, -0.05) is 12.1 Å². The van der Waals surface area contributed by atoms with E-state index in [-0.39, 0.29) is 23.6 Å². The Hall–Kier alpha value is -2.84. The van der Waals surface area contributed by atoms with Gasteiger partial charge in [-0.15, -0.1) is 0 Å². The molecule has 0 bridgehead atoms. The number of hydrogen-bond acceptors (Lipinski definition) is 4. The molecule has 0 spiro atoms. The second-order valence-corrected chi connectivity index (χ2v) is 6.56. The summed E-state index contributed by atoms with van der Waals surface area (Å²) in [4.78, 5) is 11.1. The molecule has 2 heterocycles. The Labute approximate surface area is 145 Å². The standard InChI is InChI=1S/C20H18N2O3/c21-11-12-3-8-17-16(10-12)19-15(2-1-9-25-19)18(22-17)13-4-6-14(7-5-13)20(23)24/h3-8,10,15,18-19,22H,1-2,9H2,(H,23,24). The molecule has 2 aliphatic heterocycles. The van der Waals surface area contributed by atoms with Gasteiger partial charge in [-0.25, -0.2) is 4.79 Å². The van der Waals surface area contributed by atoms with Gasteiger partial charge in [0.15, 0.2) is 0 Å². The minimum Gasteiger partial charge on any atom is -0.478 e. The summed E-state index contributed by atoms with van der Waals surface area (Å²) in [7, 11) is 0. The zero-order valence-corrected chi connectivity index (χ0v) is 13.6. The Kier molecular flexibility index (Phi) is 3.90. The number of hydrogen-bond donors (Lipinski definition) is 2. The molecule has 2 N–H and O–H groups in total. The molecule has 2 aliphatic rings. The summed E-state index contributed by atoms with van der Waals surface area (Å²) in [6.07, 6.45) is 1.99. The molecule has 2 aromatic carbocycles. The number of nitrogens with one attached hydrogen (secondary N) is 1. The number of nitrogens with zero attached hydrogens (tertiary/aromatic N) is 1. The van der Waals surface area contributed by atoms with E-state index in [0.717, 1.165) is 36.3 Å². The summed E-state index contributed by atoms with van der Waals surface area (Å²) in [5, 5.41) is 21.8. The third-order valence-electron chi connectivity index (χ3n) is 5.11. The summed E-state index contributed by atoms with van der Waals surface area (Å²) >= 11 is 0. The van der Waals surface area contributed by atoms with Crippen LogP contribution in [0.4, 0.5) is 5.69 Å². The van der Waals surface area contributed by atoms with Crippen LogP contribution in [0.5, 0.6) is 0 Å². The van der Waals surface area contributed by atoms with Gasteiger partial charge < -0.3 is 15.2 Å². The van der Waals surface area contributed by atoms with Crippen LogP contribution in [0.1, 0.15) is 52.0 Å². The third-order valence-corrected chi connectivity index (χ3v) is 5.11. The van der Waals surface area contributed by atoms with Crippen LogP contribution >= 0.6 is 0 Å². The van der Waals surface area contributed by atoms with Crippen molar-refractivity contribution in [3.63, 3.8) is 0 Å². The predicted molar refractivity (Wildman–Crippen MR) is 92.3 cm³/mol. The smallest absolute Gasteiger partial charge is 0.335 e. The van der Waals surface area contributed by atoms with Gasteiger partial charge in [0, 0.05) is 23.8 Å². The highest BCUT2D eigenvalue weighted by molar-refractivity contribution is 5.87. The molecule has 0 radical (unpaired) electrons. The van der Waals surface area contributed by atoms with E-state index in [4.69, 9.17) is 9.84 Å². The lowest BCUT2D eigenvalue weighted by atomic mass is 9.77. The molecule has 4 rings (SSSR count). The zero-order valence-electron chi connectivity index (χ0n) is 13.6. The average Bonchev–Trinajstić information content (AvgIpc) is 2.67. The molecule has 1 fully saturated rings. The number of anilines is 1. The molecule has 126 valence electrons. The molecule has 0 aromatic heterocycles. The van der Waals surface area contributed by atoms with Crippen molar-refractivity contribution in [2.45, 2.75) is 25.0 Å². The van der Waals surface area contributed by atoms with Crippen LogP contribution in [-0.4, -0.2) is 17.7 Å². The second kappa shape index (κ2) is 6.23. The predicted octanol–water partition coefficient (Wildman–Crippen LogP) is 3.89. The topological polar surface area (TPSA) is 82.3 Å². The number of carboxylic acids is 1. The number of fused-ring (bicyclic) bond motifs is 3. The summed E-state index contributed by atoms with van der Waals surface area (Å²) < 4.78 is 6.08. The lowest BCUT2D eigenvalue weighted by molar-refractivity contribution is -0.0381. The number of carbonyl (C=O) groups is 1. The number of carboxylic acid groups (broad SMARTS) is 1. The highest BCUT2D eigenvalue weighted by Gasteiger charge is 2.39. The maximum Gasteiger partial charge on any atom is 0.335 e. The third kappa shape index (κ3) is 2.75. The Bertz CT molecular complexity index is 854. The van der Waals surface area contributed by atoms with Crippen molar-refractivity contribution in [3.8, 4) is 6.07 Å². The molecule has 0 aliphatic carbocycles. The van der Waals surface area contributed by atoms with Crippen LogP contribution in [0.15, 0.2) is 42.5 Å². The van der Waals surface area contributed by atoms with Crippen molar-refractivity contribution in [1.29, 1.82) is 5.26 Å². The first-order valence-electron chi connectivity index (χ1n) is 8.43. The van der Waals surface area contributed by atoms with Crippen LogP contribution in [-0.2, 0) is 4.74 Å². The highest BCUT2D eigenvalue weighted by Crippen LogP contribution is 2.49. The maximum absolute atomic E-state index is 11.1. The fourth-order valence-corrected chi connectivity index (χ4v) is 3.90. The van der Waals surface area contributed by atoms with Crippen LogP contribution in [0.25, 0.3) is 0 Å². The van der Waals surface area contributed by atoms with E-state index in [1.807, 2.05) is 24.3 Å².